The molecule has 2 aliphatic heterocycles. The van der Waals surface area contributed by atoms with Gasteiger partial charge < -0.3 is 14.5 Å². The Kier molecular flexibility index (Phi) is 6.52. The molecule has 1 N–H and O–H groups in total. The third-order valence-electron chi connectivity index (χ3n) is 6.93. The zero-order valence-electron chi connectivity index (χ0n) is 21.0. The molecule has 1 aromatic heterocycles. The predicted molar refractivity (Wildman–Crippen MR) is 147 cm³/mol. The summed E-state index contributed by atoms with van der Waals surface area (Å²) in [5, 5.41) is -0.161. The number of hydrogen-bond acceptors (Lipinski definition) is 7. The highest BCUT2D eigenvalue weighted by molar-refractivity contribution is 8.00. The van der Waals surface area contributed by atoms with E-state index in [2.05, 4.69) is 4.98 Å². The van der Waals surface area contributed by atoms with Crippen molar-refractivity contribution in [3.63, 3.8) is 0 Å². The molecule has 3 unspecified atom stereocenters. The number of ether oxygens (including phenoxy) is 2. The number of thiazole rings is 1. The van der Waals surface area contributed by atoms with Gasteiger partial charge in [-0.25, -0.2) is 9.29 Å². The molecular formula is C29H23FN2O5S2. The lowest BCUT2D eigenvalue weighted by Crippen LogP contribution is -2.32. The Morgan fingerprint density at radius 2 is 1.77 bits per heavy atom. The fourth-order valence-corrected chi connectivity index (χ4v) is 7.70. The molecule has 198 valence electrons. The number of imide groups is 1. The largest absolute Gasteiger partial charge is 0.493 e. The number of thioether (sulfide) groups is 1. The van der Waals surface area contributed by atoms with Gasteiger partial charge in [0.05, 0.1) is 23.7 Å². The van der Waals surface area contributed by atoms with Gasteiger partial charge in [-0.1, -0.05) is 59.0 Å². The molecule has 10 heteroatoms. The summed E-state index contributed by atoms with van der Waals surface area (Å²) in [5.74, 6) is -1.54. The van der Waals surface area contributed by atoms with Crippen molar-refractivity contribution in [1.82, 2.24) is 4.98 Å². The van der Waals surface area contributed by atoms with Crippen LogP contribution in [-0.2, 0) is 16.2 Å². The molecule has 0 spiro atoms. The van der Waals surface area contributed by atoms with Gasteiger partial charge in [0.1, 0.15) is 17.7 Å². The summed E-state index contributed by atoms with van der Waals surface area (Å²) >= 11 is 2.23. The minimum Gasteiger partial charge on any atom is -0.493 e. The second-order valence-corrected chi connectivity index (χ2v) is 11.6. The summed E-state index contributed by atoms with van der Waals surface area (Å²) in [4.78, 5) is 44.1. The number of halogens is 1. The minimum atomic E-state index is -0.754. The first kappa shape index (κ1) is 25.4. The van der Waals surface area contributed by atoms with Gasteiger partial charge in [0, 0.05) is 10.8 Å². The number of nitrogens with one attached hydrogen (secondary N) is 1. The van der Waals surface area contributed by atoms with Crippen molar-refractivity contribution in [2.24, 2.45) is 5.92 Å². The molecule has 0 aliphatic carbocycles. The Labute approximate surface area is 231 Å². The molecule has 2 aliphatic rings. The quantitative estimate of drug-likeness (QED) is 0.322. The number of fused-ring (bicyclic) bond motifs is 2. The van der Waals surface area contributed by atoms with Crippen LogP contribution in [0.2, 0.25) is 0 Å². The summed E-state index contributed by atoms with van der Waals surface area (Å²) in [6.45, 7) is 2.37. The van der Waals surface area contributed by atoms with Gasteiger partial charge in [-0.15, -0.1) is 0 Å². The maximum Gasteiger partial charge on any atom is 0.305 e. The van der Waals surface area contributed by atoms with Crippen LogP contribution < -0.4 is 19.2 Å². The molecule has 7 nitrogen and oxygen atoms in total. The maximum absolute atomic E-state index is 13.8. The predicted octanol–water partition coefficient (Wildman–Crippen LogP) is 5.27. The second-order valence-electron chi connectivity index (χ2n) is 9.43. The third kappa shape index (κ3) is 4.53. The van der Waals surface area contributed by atoms with Gasteiger partial charge >= 0.3 is 4.87 Å². The highest BCUT2D eigenvalue weighted by Gasteiger charge is 2.56. The van der Waals surface area contributed by atoms with Crippen molar-refractivity contribution in [1.29, 1.82) is 0 Å². The maximum atomic E-state index is 13.8. The molecule has 1 saturated heterocycles. The first-order valence-corrected chi connectivity index (χ1v) is 13.9. The number of anilines is 1. The van der Waals surface area contributed by atoms with Crippen molar-refractivity contribution in [3.05, 3.63) is 104 Å². The van der Waals surface area contributed by atoms with E-state index < -0.39 is 28.8 Å². The number of H-pyrrole nitrogens is 1. The number of nitrogens with zero attached hydrogens (tertiary/aromatic N) is 1. The molecular weight excluding hydrogens is 539 g/mol. The van der Waals surface area contributed by atoms with Crippen molar-refractivity contribution in [2.75, 3.05) is 12.0 Å². The Hall–Kier alpha value is -3.89. The summed E-state index contributed by atoms with van der Waals surface area (Å²) in [6.07, 6.45) is 0. The van der Waals surface area contributed by atoms with Crippen LogP contribution in [0.4, 0.5) is 10.1 Å². The lowest BCUT2D eigenvalue weighted by Gasteiger charge is -2.30. The van der Waals surface area contributed by atoms with Crippen molar-refractivity contribution < 1.29 is 23.5 Å². The van der Waals surface area contributed by atoms with E-state index in [1.807, 2.05) is 37.3 Å². The number of amides is 2. The molecule has 3 heterocycles. The molecule has 3 atom stereocenters. The van der Waals surface area contributed by atoms with Crippen molar-refractivity contribution >= 4 is 40.6 Å². The Morgan fingerprint density at radius 3 is 2.51 bits per heavy atom. The van der Waals surface area contributed by atoms with Gasteiger partial charge in [0.15, 0.2) is 11.5 Å². The fourth-order valence-electron chi connectivity index (χ4n) is 5.18. The van der Waals surface area contributed by atoms with E-state index in [0.29, 0.717) is 33.7 Å². The van der Waals surface area contributed by atoms with E-state index in [-0.39, 0.29) is 10.8 Å². The van der Waals surface area contributed by atoms with E-state index in [9.17, 15) is 18.8 Å². The van der Waals surface area contributed by atoms with Crippen molar-refractivity contribution in [2.45, 2.75) is 29.7 Å². The van der Waals surface area contributed by atoms with Crippen LogP contribution in [0, 0.1) is 18.7 Å². The first-order chi connectivity index (χ1) is 18.8. The van der Waals surface area contributed by atoms with Gasteiger partial charge in [-0.2, -0.15) is 0 Å². The van der Waals surface area contributed by atoms with Gasteiger partial charge in [0.25, 0.3) is 0 Å². The lowest BCUT2D eigenvalue weighted by atomic mass is 9.83. The number of carbonyl (C=O) groups is 2. The van der Waals surface area contributed by atoms with E-state index in [1.54, 1.807) is 19.2 Å². The van der Waals surface area contributed by atoms with Crippen LogP contribution in [0.5, 0.6) is 11.5 Å². The van der Waals surface area contributed by atoms with Crippen LogP contribution in [0.25, 0.3) is 0 Å². The molecule has 1 fully saturated rings. The van der Waals surface area contributed by atoms with Crippen LogP contribution in [-0.4, -0.2) is 29.2 Å². The SMILES string of the molecule is COc1cc(C2c3sc(=O)[nH]c3SC3C(=O)N(c4ccc(F)cc4)C(=O)C32)ccc1OCc1cccc(C)c1. The fraction of sp³-hybridized carbons (Fsp3) is 0.207. The Bertz CT molecular complexity index is 1650. The lowest BCUT2D eigenvalue weighted by molar-refractivity contribution is -0.122. The smallest absolute Gasteiger partial charge is 0.305 e. The van der Waals surface area contributed by atoms with Crippen LogP contribution in [0.3, 0.4) is 0 Å². The summed E-state index contributed by atoms with van der Waals surface area (Å²) in [7, 11) is 1.54. The van der Waals surface area contributed by atoms with Crippen LogP contribution in [0.15, 0.2) is 76.6 Å². The molecule has 0 bridgehead atoms. The minimum absolute atomic E-state index is 0.252. The summed E-state index contributed by atoms with van der Waals surface area (Å²) < 4.78 is 25.2. The first-order valence-electron chi connectivity index (χ1n) is 12.2. The number of rotatable bonds is 6. The number of aromatic amines is 1. The Morgan fingerprint density at radius 1 is 0.974 bits per heavy atom. The Balaban J connectivity index is 1.37. The van der Waals surface area contributed by atoms with Crippen molar-refractivity contribution in [3.8, 4) is 11.5 Å². The zero-order chi connectivity index (χ0) is 27.3. The highest BCUT2D eigenvalue weighted by atomic mass is 32.2. The third-order valence-corrected chi connectivity index (χ3v) is 9.33. The summed E-state index contributed by atoms with van der Waals surface area (Å²) in [5.41, 5.74) is 3.19. The zero-order valence-corrected chi connectivity index (χ0v) is 22.6. The van der Waals surface area contributed by atoms with E-state index >= 15 is 0 Å². The average Bonchev–Trinajstić information content (AvgIpc) is 3.42. The molecule has 39 heavy (non-hydrogen) atoms. The monoisotopic (exact) mass is 562 g/mol. The van der Waals surface area contributed by atoms with Gasteiger partial charge in [0.2, 0.25) is 11.8 Å². The molecule has 0 saturated carbocycles. The topological polar surface area (TPSA) is 88.7 Å². The number of benzene rings is 3. The average molecular weight is 563 g/mol. The number of aromatic nitrogens is 1. The van der Waals surface area contributed by atoms with Gasteiger partial charge in [-0.05, 0) is 54.4 Å². The standard InChI is InChI=1S/C29H23FN2O5S2/c1-15-4-3-5-16(12-15)14-37-20-11-6-17(13-21(20)36-2)22-23-25(38-26-24(22)39-29(35)31-26)28(34)32(27(23)33)19-9-7-18(30)8-10-19/h3-13,22-23,25H,14H2,1-2H3,(H,31,35). The normalized spacial score (nSPS) is 20.1. The number of aryl methyl sites for hydroxylation is 1. The molecule has 0 radical (unpaired) electrons. The molecule has 6 rings (SSSR count). The molecule has 4 aromatic rings. The van der Waals surface area contributed by atoms with Crippen LogP contribution in [0.1, 0.15) is 27.5 Å². The van der Waals surface area contributed by atoms with E-state index in [0.717, 1.165) is 32.9 Å². The highest BCUT2D eigenvalue weighted by Crippen LogP contribution is 2.53. The number of hydrogen-bond donors (Lipinski definition) is 1. The second kappa shape index (κ2) is 10.0. The number of carbonyl (C=O) groups excluding carboxylic acids is 2. The van der Waals surface area contributed by atoms with E-state index in [4.69, 9.17) is 9.47 Å². The summed E-state index contributed by atoms with van der Waals surface area (Å²) in [6, 6.07) is 18.7. The van der Waals surface area contributed by atoms with Crippen LogP contribution >= 0.6 is 23.1 Å². The molecule has 3 aromatic carbocycles. The van der Waals surface area contributed by atoms with E-state index in [1.165, 1.54) is 36.0 Å². The number of methoxy groups -OCH3 is 1. The molecule has 2 amide bonds. The van der Waals surface area contributed by atoms with Gasteiger partial charge in [-0.3, -0.25) is 14.4 Å².